The lowest BCUT2D eigenvalue weighted by Crippen LogP contribution is -2.29. The molecule has 7 heteroatoms. The van der Waals surface area contributed by atoms with Crippen molar-refractivity contribution in [2.24, 2.45) is 7.05 Å². The number of ether oxygens (including phenoxy) is 1. The molecule has 0 saturated heterocycles. The second-order valence-electron chi connectivity index (χ2n) is 4.04. The fraction of sp³-hybridized carbons (Fsp3) is 0.727. The number of carbonyl (C=O) groups excluding carboxylic acids is 1. The second-order valence-corrected chi connectivity index (χ2v) is 4.04. The number of aromatic nitrogens is 3. The molecule has 0 radical (unpaired) electrons. The lowest BCUT2D eigenvalue weighted by molar-refractivity contribution is -0.125. The third kappa shape index (κ3) is 4.70. The Hall–Kier alpha value is -1.63. The number of hydrogen-bond donors (Lipinski definition) is 2. The molecule has 1 aromatic heterocycles. The molecule has 0 saturated carbocycles. The Morgan fingerprint density at radius 2 is 2.28 bits per heavy atom. The first-order chi connectivity index (χ1) is 8.65. The van der Waals surface area contributed by atoms with Gasteiger partial charge in [-0.15, -0.1) is 0 Å². The Morgan fingerprint density at radius 1 is 1.50 bits per heavy atom. The molecule has 1 rings (SSSR count). The van der Waals surface area contributed by atoms with Gasteiger partial charge in [0.1, 0.15) is 6.61 Å². The average molecular weight is 256 g/mol. The zero-order valence-electron chi connectivity index (χ0n) is 10.9. The van der Waals surface area contributed by atoms with E-state index < -0.39 is 0 Å². The van der Waals surface area contributed by atoms with Crippen molar-refractivity contribution in [3.63, 3.8) is 0 Å². The van der Waals surface area contributed by atoms with Gasteiger partial charge in [0.25, 0.3) is 0 Å². The van der Waals surface area contributed by atoms with E-state index in [0.29, 0.717) is 12.4 Å². The molecule has 1 amide bonds. The van der Waals surface area contributed by atoms with Gasteiger partial charge in [0.2, 0.25) is 5.91 Å². The van der Waals surface area contributed by atoms with Crippen molar-refractivity contribution in [2.45, 2.75) is 32.7 Å². The summed E-state index contributed by atoms with van der Waals surface area (Å²) in [6.07, 6.45) is 3.21. The van der Waals surface area contributed by atoms with Gasteiger partial charge in [-0.25, -0.2) is 9.89 Å². The summed E-state index contributed by atoms with van der Waals surface area (Å²) in [7, 11) is 1.59. The Balaban J connectivity index is 2.17. The lowest BCUT2D eigenvalue weighted by atomic mass is 10.3. The lowest BCUT2D eigenvalue weighted by Gasteiger charge is -2.05. The first-order valence-electron chi connectivity index (χ1n) is 6.10. The Kier molecular flexibility index (Phi) is 6.13. The zero-order chi connectivity index (χ0) is 13.4. The smallest absolute Gasteiger partial charge is 0.343 e. The first kappa shape index (κ1) is 14.4. The topological polar surface area (TPSA) is 89.0 Å². The number of amides is 1. The van der Waals surface area contributed by atoms with Crippen LogP contribution in [0.15, 0.2) is 4.79 Å². The summed E-state index contributed by atoms with van der Waals surface area (Å²) in [6.45, 7) is 2.97. The molecule has 0 unspecified atom stereocenters. The van der Waals surface area contributed by atoms with Gasteiger partial charge in [-0.05, 0) is 6.42 Å². The molecular formula is C11H20N4O3. The van der Waals surface area contributed by atoms with Crippen LogP contribution in [0, 0.1) is 0 Å². The van der Waals surface area contributed by atoms with Crippen LogP contribution >= 0.6 is 0 Å². The van der Waals surface area contributed by atoms with Gasteiger partial charge in [0, 0.05) is 13.7 Å². The highest BCUT2D eigenvalue weighted by atomic mass is 16.5. The normalized spacial score (nSPS) is 10.6. The maximum Gasteiger partial charge on any atom is 0.343 e. The van der Waals surface area contributed by atoms with E-state index in [1.54, 1.807) is 7.05 Å². The molecule has 0 aromatic carbocycles. The third-order valence-electron chi connectivity index (χ3n) is 2.54. The van der Waals surface area contributed by atoms with Crippen LogP contribution < -0.4 is 11.0 Å². The molecule has 0 aliphatic carbocycles. The average Bonchev–Trinajstić information content (AvgIpc) is 2.67. The number of nitrogens with one attached hydrogen (secondary N) is 2. The van der Waals surface area contributed by atoms with E-state index in [2.05, 4.69) is 22.4 Å². The van der Waals surface area contributed by atoms with Crippen molar-refractivity contribution in [3.05, 3.63) is 16.3 Å². The maximum atomic E-state index is 11.4. The first-order valence-corrected chi connectivity index (χ1v) is 6.10. The monoisotopic (exact) mass is 256 g/mol. The van der Waals surface area contributed by atoms with Crippen LogP contribution in [-0.2, 0) is 23.1 Å². The van der Waals surface area contributed by atoms with E-state index in [9.17, 15) is 9.59 Å². The third-order valence-corrected chi connectivity index (χ3v) is 2.54. The van der Waals surface area contributed by atoms with Gasteiger partial charge in [0.05, 0.1) is 6.54 Å². The van der Waals surface area contributed by atoms with Crippen LogP contribution in [0.5, 0.6) is 0 Å². The predicted octanol–water partition coefficient (Wildman–Crippen LogP) is -0.0686. The van der Waals surface area contributed by atoms with E-state index in [1.807, 2.05) is 0 Å². The van der Waals surface area contributed by atoms with E-state index >= 15 is 0 Å². The van der Waals surface area contributed by atoms with E-state index in [0.717, 1.165) is 19.3 Å². The molecule has 102 valence electrons. The molecule has 2 N–H and O–H groups in total. The molecule has 1 heterocycles. The van der Waals surface area contributed by atoms with Crippen LogP contribution in [0.1, 0.15) is 32.0 Å². The zero-order valence-corrected chi connectivity index (χ0v) is 10.9. The van der Waals surface area contributed by atoms with Crippen molar-refractivity contribution >= 4 is 5.91 Å². The number of nitrogens with zero attached hydrogens (tertiary/aromatic N) is 2. The summed E-state index contributed by atoms with van der Waals surface area (Å²) in [5.41, 5.74) is -0.296. The quantitative estimate of drug-likeness (QED) is 0.637. The highest BCUT2D eigenvalue weighted by Gasteiger charge is 2.06. The molecule has 7 nitrogen and oxygen atoms in total. The number of rotatable bonds is 8. The van der Waals surface area contributed by atoms with Crippen LogP contribution in [-0.4, -0.2) is 33.9 Å². The molecule has 0 spiro atoms. The van der Waals surface area contributed by atoms with Gasteiger partial charge in [-0.3, -0.25) is 9.36 Å². The van der Waals surface area contributed by atoms with Crippen LogP contribution in [0.3, 0.4) is 0 Å². The Bertz CT molecular complexity index is 424. The summed E-state index contributed by atoms with van der Waals surface area (Å²) >= 11 is 0. The fourth-order valence-corrected chi connectivity index (χ4v) is 1.39. The summed E-state index contributed by atoms with van der Waals surface area (Å²) in [5, 5.41) is 8.72. The number of H-pyrrole nitrogens is 1. The molecular weight excluding hydrogens is 236 g/mol. The van der Waals surface area contributed by atoms with Crippen molar-refractivity contribution in [1.29, 1.82) is 0 Å². The van der Waals surface area contributed by atoms with Crippen LogP contribution in [0.4, 0.5) is 0 Å². The Labute approximate surface area is 106 Å². The minimum Gasteiger partial charge on any atom is -0.372 e. The molecule has 0 bridgehead atoms. The molecule has 0 aliphatic rings. The summed E-state index contributed by atoms with van der Waals surface area (Å²) in [6, 6.07) is 0. The summed E-state index contributed by atoms with van der Waals surface area (Å²) < 4.78 is 6.56. The minimum absolute atomic E-state index is 0.0437. The Morgan fingerprint density at radius 3 is 2.89 bits per heavy atom. The number of carbonyl (C=O) groups is 1. The van der Waals surface area contributed by atoms with Crippen LogP contribution in [0.25, 0.3) is 0 Å². The van der Waals surface area contributed by atoms with E-state index in [-0.39, 0.29) is 24.7 Å². The van der Waals surface area contributed by atoms with Crippen LogP contribution in [0.2, 0.25) is 0 Å². The summed E-state index contributed by atoms with van der Waals surface area (Å²) in [4.78, 5) is 22.5. The molecule has 0 atom stereocenters. The number of unbranched alkanes of at least 4 members (excludes halogenated alkanes) is 2. The highest BCUT2D eigenvalue weighted by Crippen LogP contribution is 1.94. The highest BCUT2D eigenvalue weighted by molar-refractivity contribution is 5.77. The van der Waals surface area contributed by atoms with Crippen molar-refractivity contribution < 1.29 is 9.53 Å². The molecule has 0 aliphatic heterocycles. The standard InChI is InChI=1S/C11H20N4O3/c1-3-4-5-6-18-8-10(16)12-7-9-13-14-11(17)15(9)2/h3-8H2,1-2H3,(H,12,16)(H,14,17). The fourth-order valence-electron chi connectivity index (χ4n) is 1.39. The minimum atomic E-state index is -0.296. The van der Waals surface area contributed by atoms with Gasteiger partial charge < -0.3 is 10.1 Å². The van der Waals surface area contributed by atoms with Crippen molar-refractivity contribution in [2.75, 3.05) is 13.2 Å². The van der Waals surface area contributed by atoms with Gasteiger partial charge >= 0.3 is 5.69 Å². The predicted molar refractivity (Wildman–Crippen MR) is 66.0 cm³/mol. The van der Waals surface area contributed by atoms with Gasteiger partial charge in [-0.1, -0.05) is 19.8 Å². The summed E-state index contributed by atoms with van der Waals surface area (Å²) in [5.74, 6) is 0.279. The number of aromatic amines is 1. The largest absolute Gasteiger partial charge is 0.372 e. The van der Waals surface area contributed by atoms with Gasteiger partial charge in [-0.2, -0.15) is 5.10 Å². The SMILES string of the molecule is CCCCCOCC(=O)NCc1n[nH]c(=O)n1C. The molecule has 18 heavy (non-hydrogen) atoms. The molecule has 1 aromatic rings. The van der Waals surface area contributed by atoms with E-state index in [4.69, 9.17) is 4.74 Å². The molecule has 0 fully saturated rings. The van der Waals surface area contributed by atoms with Crippen molar-refractivity contribution in [1.82, 2.24) is 20.1 Å². The second kappa shape index (κ2) is 7.65. The maximum absolute atomic E-state index is 11.4. The van der Waals surface area contributed by atoms with E-state index in [1.165, 1.54) is 4.57 Å². The van der Waals surface area contributed by atoms with Crippen molar-refractivity contribution in [3.8, 4) is 0 Å². The van der Waals surface area contributed by atoms with Gasteiger partial charge in [0.15, 0.2) is 5.82 Å². The number of hydrogen-bond acceptors (Lipinski definition) is 4.